The molecule has 0 atom stereocenters. The number of aryl methyl sites for hydroxylation is 2. The number of rotatable bonds is 7. The highest BCUT2D eigenvalue weighted by Crippen LogP contribution is 2.24. The van der Waals surface area contributed by atoms with E-state index in [4.69, 9.17) is 4.74 Å². The molecule has 0 bridgehead atoms. The molecule has 3 aromatic heterocycles. The number of hydrogen-bond donors (Lipinski definition) is 2. The van der Waals surface area contributed by atoms with Crippen molar-refractivity contribution in [1.82, 2.24) is 24.1 Å². The van der Waals surface area contributed by atoms with Gasteiger partial charge in [0.25, 0.3) is 10.0 Å². The maximum Gasteiger partial charge on any atom is 0.335 e. The lowest BCUT2D eigenvalue weighted by Crippen LogP contribution is -2.36. The molecule has 32 heavy (non-hydrogen) atoms. The zero-order chi connectivity index (χ0) is 23.7. The number of hydrogen-bond acceptors (Lipinski definition) is 9. The van der Waals surface area contributed by atoms with Gasteiger partial charge in [-0.15, -0.1) is 0 Å². The van der Waals surface area contributed by atoms with Crippen LogP contribution in [0.4, 0.5) is 10.7 Å². The maximum absolute atomic E-state index is 13.1. The van der Waals surface area contributed by atoms with Gasteiger partial charge in [-0.05, 0) is 25.0 Å². The van der Waals surface area contributed by atoms with Crippen molar-refractivity contribution in [3.05, 3.63) is 35.7 Å². The van der Waals surface area contributed by atoms with Crippen LogP contribution in [0.1, 0.15) is 25.1 Å². The minimum absolute atomic E-state index is 0.113. The van der Waals surface area contributed by atoms with Crippen LogP contribution in [0.3, 0.4) is 0 Å². The van der Waals surface area contributed by atoms with E-state index in [-0.39, 0.29) is 23.2 Å². The van der Waals surface area contributed by atoms with E-state index >= 15 is 0 Å². The van der Waals surface area contributed by atoms with Gasteiger partial charge in [0.2, 0.25) is 11.8 Å². The Balaban J connectivity index is 2.05. The number of nitrogens with one attached hydrogen (secondary N) is 2. The number of ether oxygens (including phenoxy) is 1. The van der Waals surface area contributed by atoms with Crippen LogP contribution in [-0.2, 0) is 26.3 Å². The Morgan fingerprint density at radius 1 is 1.12 bits per heavy atom. The lowest BCUT2D eigenvalue weighted by molar-refractivity contribution is 0.256. The Morgan fingerprint density at radius 2 is 1.84 bits per heavy atom. The number of urea groups is 1. The quantitative estimate of drug-likeness (QED) is 0.505. The summed E-state index contributed by atoms with van der Waals surface area (Å²) in [7, 11) is -7.32. The highest BCUT2D eigenvalue weighted by Gasteiger charge is 2.33. The third kappa shape index (κ3) is 4.65. The largest absolute Gasteiger partial charge is 0.481 e. The third-order valence-electron chi connectivity index (χ3n) is 4.44. The number of pyridine rings is 1. The van der Waals surface area contributed by atoms with Crippen molar-refractivity contribution in [2.24, 2.45) is 0 Å². The predicted octanol–water partition coefficient (Wildman–Crippen LogP) is 1.31. The molecule has 0 spiro atoms. The fourth-order valence-electron chi connectivity index (χ4n) is 2.84. The average molecular weight is 483 g/mol. The molecule has 172 valence electrons. The average Bonchev–Trinajstić information content (AvgIpc) is 3.13. The first kappa shape index (κ1) is 23.4. The van der Waals surface area contributed by atoms with Crippen LogP contribution in [0.25, 0.3) is 5.65 Å². The highest BCUT2D eigenvalue weighted by molar-refractivity contribution is 7.93. The fourth-order valence-corrected chi connectivity index (χ4v) is 5.49. The summed E-state index contributed by atoms with van der Waals surface area (Å²) in [6.07, 6.45) is 2.04. The minimum atomic E-state index is -4.67. The summed E-state index contributed by atoms with van der Waals surface area (Å²) < 4.78 is 59.3. The Hall–Kier alpha value is -3.26. The van der Waals surface area contributed by atoms with E-state index in [1.54, 1.807) is 17.7 Å². The molecule has 12 nitrogen and oxygen atoms in total. The van der Waals surface area contributed by atoms with Crippen molar-refractivity contribution in [3.8, 4) is 5.88 Å². The monoisotopic (exact) mass is 482 g/mol. The van der Waals surface area contributed by atoms with Crippen LogP contribution in [0.5, 0.6) is 5.88 Å². The van der Waals surface area contributed by atoms with E-state index in [2.05, 4.69) is 20.3 Å². The zero-order valence-electron chi connectivity index (χ0n) is 17.8. The van der Waals surface area contributed by atoms with Gasteiger partial charge in [-0.1, -0.05) is 19.9 Å². The molecule has 2 N–H and O–H groups in total. The number of fused-ring (bicyclic) bond motifs is 1. The SMILES string of the molecule is CCc1ccc2nc(S(=O)(=O)CC)c(S(=O)(=O)NC(=O)Nc3nc(C)cc(OC)n3)n2c1. The van der Waals surface area contributed by atoms with Crippen LogP contribution in [-0.4, -0.2) is 55.1 Å². The summed E-state index contributed by atoms with van der Waals surface area (Å²) in [5.74, 6) is -0.397. The lowest BCUT2D eigenvalue weighted by atomic mass is 10.2. The summed E-state index contributed by atoms with van der Waals surface area (Å²) in [5.41, 5.74) is 1.33. The van der Waals surface area contributed by atoms with Gasteiger partial charge in [0.05, 0.1) is 12.9 Å². The zero-order valence-corrected chi connectivity index (χ0v) is 19.4. The highest BCUT2D eigenvalue weighted by atomic mass is 32.2. The molecule has 3 aromatic rings. The number of nitrogens with zero attached hydrogens (tertiary/aromatic N) is 4. The maximum atomic E-state index is 13.1. The molecule has 0 radical (unpaired) electrons. The molecule has 0 saturated carbocycles. The van der Waals surface area contributed by atoms with Crippen LogP contribution in [0.2, 0.25) is 0 Å². The van der Waals surface area contributed by atoms with E-state index in [1.165, 1.54) is 32.4 Å². The number of sulfonamides is 1. The minimum Gasteiger partial charge on any atom is -0.481 e. The molecule has 0 aliphatic heterocycles. The summed E-state index contributed by atoms with van der Waals surface area (Å²) in [4.78, 5) is 24.3. The molecule has 2 amide bonds. The van der Waals surface area contributed by atoms with E-state index in [0.29, 0.717) is 12.1 Å². The summed E-state index contributed by atoms with van der Waals surface area (Å²) >= 11 is 0. The summed E-state index contributed by atoms with van der Waals surface area (Å²) in [6.45, 7) is 4.86. The van der Waals surface area contributed by atoms with Gasteiger partial charge >= 0.3 is 6.03 Å². The summed E-state index contributed by atoms with van der Waals surface area (Å²) in [5, 5.41) is 0.920. The Morgan fingerprint density at radius 3 is 2.47 bits per heavy atom. The first-order valence-corrected chi connectivity index (χ1v) is 12.6. The van der Waals surface area contributed by atoms with Crippen molar-refractivity contribution < 1.29 is 26.4 Å². The Kier molecular flexibility index (Phi) is 6.37. The number of methoxy groups -OCH3 is 1. The molecule has 0 fully saturated rings. The van der Waals surface area contributed by atoms with E-state index < -0.39 is 35.9 Å². The van der Waals surface area contributed by atoms with Crippen LogP contribution in [0, 0.1) is 6.92 Å². The van der Waals surface area contributed by atoms with Crippen molar-refractivity contribution in [1.29, 1.82) is 0 Å². The molecule has 0 unspecified atom stereocenters. The van der Waals surface area contributed by atoms with Crippen molar-refractivity contribution in [3.63, 3.8) is 0 Å². The van der Waals surface area contributed by atoms with Crippen LogP contribution < -0.4 is 14.8 Å². The molecular formula is C18H22N6O6S2. The first-order valence-electron chi connectivity index (χ1n) is 9.48. The molecule has 0 aliphatic carbocycles. The molecule has 0 saturated heterocycles. The molecular weight excluding hydrogens is 460 g/mol. The van der Waals surface area contributed by atoms with Gasteiger partial charge in [-0.2, -0.15) is 13.4 Å². The van der Waals surface area contributed by atoms with Crippen molar-refractivity contribution >= 4 is 37.5 Å². The normalized spacial score (nSPS) is 12.0. The fraction of sp³-hybridized carbons (Fsp3) is 0.333. The van der Waals surface area contributed by atoms with Gasteiger partial charge in [0, 0.05) is 18.0 Å². The second-order valence-corrected chi connectivity index (χ2v) is 10.5. The van der Waals surface area contributed by atoms with Crippen LogP contribution >= 0.6 is 0 Å². The number of amides is 2. The molecule has 0 aromatic carbocycles. The van der Waals surface area contributed by atoms with Gasteiger partial charge in [0.1, 0.15) is 5.65 Å². The summed E-state index contributed by atoms with van der Waals surface area (Å²) in [6, 6.07) is 3.56. The number of aromatic nitrogens is 4. The third-order valence-corrected chi connectivity index (χ3v) is 7.55. The topological polar surface area (TPSA) is 162 Å². The lowest BCUT2D eigenvalue weighted by Gasteiger charge is -2.10. The van der Waals surface area contributed by atoms with E-state index in [9.17, 15) is 21.6 Å². The Bertz CT molecular complexity index is 1400. The number of anilines is 1. The smallest absolute Gasteiger partial charge is 0.335 e. The van der Waals surface area contributed by atoms with Crippen molar-refractivity contribution in [2.45, 2.75) is 37.2 Å². The standard InChI is InChI=1S/C18H22N6O6S2/c1-5-12-7-8-13-20-15(31(26,27)6-2)16(24(13)10-12)32(28,29)23-18(25)22-17-19-11(3)9-14(21-17)30-4/h7-10H,5-6H2,1-4H3,(H2,19,21,22,23,25). The van der Waals surface area contributed by atoms with Gasteiger partial charge < -0.3 is 4.74 Å². The molecule has 3 rings (SSSR count). The van der Waals surface area contributed by atoms with E-state index in [0.717, 1.165) is 9.96 Å². The second-order valence-electron chi connectivity index (χ2n) is 6.68. The number of imidazole rings is 1. The Labute approximate surface area is 185 Å². The predicted molar refractivity (Wildman–Crippen MR) is 115 cm³/mol. The van der Waals surface area contributed by atoms with Crippen molar-refractivity contribution in [2.75, 3.05) is 18.2 Å². The van der Waals surface area contributed by atoms with E-state index in [1.807, 2.05) is 6.92 Å². The van der Waals surface area contributed by atoms with Gasteiger partial charge in [0.15, 0.2) is 19.9 Å². The van der Waals surface area contributed by atoms with Gasteiger partial charge in [-0.3, -0.25) is 9.72 Å². The molecule has 0 aliphatic rings. The number of carbonyl (C=O) groups excluding carboxylic acids is 1. The molecule has 14 heteroatoms. The second kappa shape index (κ2) is 8.70. The molecule has 3 heterocycles. The number of sulfone groups is 1. The van der Waals surface area contributed by atoms with Crippen LogP contribution in [0.15, 0.2) is 34.4 Å². The number of carbonyl (C=O) groups is 1. The first-order chi connectivity index (χ1) is 15.0. The van der Waals surface area contributed by atoms with Gasteiger partial charge in [-0.25, -0.2) is 27.9 Å².